The lowest BCUT2D eigenvalue weighted by molar-refractivity contribution is 0.372. The van der Waals surface area contributed by atoms with Crippen molar-refractivity contribution in [3.05, 3.63) is 0 Å². The fourth-order valence-electron chi connectivity index (χ4n) is 3.22. The summed E-state index contributed by atoms with van der Waals surface area (Å²) in [6.45, 7) is 4.49. The van der Waals surface area contributed by atoms with Crippen LogP contribution in [0.4, 0.5) is 0 Å². The molecule has 2 heteroatoms. The van der Waals surface area contributed by atoms with Crippen LogP contribution in [0.3, 0.4) is 0 Å². The van der Waals surface area contributed by atoms with Crippen LogP contribution in [0.2, 0.25) is 0 Å². The summed E-state index contributed by atoms with van der Waals surface area (Å²) in [5.41, 5.74) is 0.445. The lowest BCUT2D eigenvalue weighted by Gasteiger charge is -2.31. The molecule has 2 rings (SSSR count). The zero-order valence-electron chi connectivity index (χ0n) is 10.7. The SMILES string of the molecule is CCCCC1(C2=NCCCCN2)CCCC1. The Morgan fingerprint density at radius 1 is 1.19 bits per heavy atom. The Morgan fingerprint density at radius 3 is 2.75 bits per heavy atom. The summed E-state index contributed by atoms with van der Waals surface area (Å²) < 4.78 is 0. The van der Waals surface area contributed by atoms with Crippen LogP contribution < -0.4 is 5.32 Å². The average Bonchev–Trinajstić information content (AvgIpc) is 2.61. The van der Waals surface area contributed by atoms with E-state index in [-0.39, 0.29) is 0 Å². The third kappa shape index (κ3) is 2.58. The quantitative estimate of drug-likeness (QED) is 0.773. The van der Waals surface area contributed by atoms with Crippen LogP contribution in [-0.2, 0) is 0 Å². The lowest BCUT2D eigenvalue weighted by atomic mass is 9.79. The fourth-order valence-corrected chi connectivity index (χ4v) is 3.22. The van der Waals surface area contributed by atoms with Gasteiger partial charge in [-0.05, 0) is 32.1 Å². The zero-order chi connectivity index (χ0) is 11.3. The van der Waals surface area contributed by atoms with Crippen LogP contribution in [0, 0.1) is 5.41 Å². The van der Waals surface area contributed by atoms with Gasteiger partial charge < -0.3 is 5.32 Å². The fraction of sp³-hybridized carbons (Fsp3) is 0.929. The molecular formula is C14H26N2. The summed E-state index contributed by atoms with van der Waals surface area (Å²) in [4.78, 5) is 4.84. The van der Waals surface area contributed by atoms with Gasteiger partial charge in [-0.1, -0.05) is 32.6 Å². The highest BCUT2D eigenvalue weighted by Gasteiger charge is 2.38. The first-order chi connectivity index (χ1) is 7.87. The molecular weight excluding hydrogens is 196 g/mol. The molecule has 1 saturated carbocycles. The molecule has 0 bridgehead atoms. The Kier molecular flexibility index (Phi) is 4.25. The molecule has 0 unspecified atom stereocenters. The van der Waals surface area contributed by atoms with E-state index in [1.807, 2.05) is 0 Å². The molecule has 1 N–H and O–H groups in total. The van der Waals surface area contributed by atoms with Crippen LogP contribution in [0.15, 0.2) is 4.99 Å². The van der Waals surface area contributed by atoms with Crippen LogP contribution in [0.5, 0.6) is 0 Å². The van der Waals surface area contributed by atoms with Gasteiger partial charge in [0.15, 0.2) is 0 Å². The summed E-state index contributed by atoms with van der Waals surface area (Å²) in [6, 6.07) is 0. The van der Waals surface area contributed by atoms with E-state index in [4.69, 9.17) is 4.99 Å². The summed E-state index contributed by atoms with van der Waals surface area (Å²) in [5, 5.41) is 3.62. The smallest absolute Gasteiger partial charge is 0.103 e. The predicted octanol–water partition coefficient (Wildman–Crippen LogP) is 3.52. The van der Waals surface area contributed by atoms with Gasteiger partial charge in [0.25, 0.3) is 0 Å². The van der Waals surface area contributed by atoms with Crippen molar-refractivity contribution in [1.29, 1.82) is 0 Å². The van der Waals surface area contributed by atoms with Crippen molar-refractivity contribution < 1.29 is 0 Å². The van der Waals surface area contributed by atoms with Gasteiger partial charge in [0.1, 0.15) is 5.84 Å². The minimum Gasteiger partial charge on any atom is -0.373 e. The number of hydrogen-bond acceptors (Lipinski definition) is 2. The minimum absolute atomic E-state index is 0.445. The molecule has 0 spiro atoms. The third-order valence-corrected chi connectivity index (χ3v) is 4.22. The molecule has 1 aliphatic carbocycles. The first kappa shape index (κ1) is 11.9. The van der Waals surface area contributed by atoms with E-state index >= 15 is 0 Å². The monoisotopic (exact) mass is 222 g/mol. The normalized spacial score (nSPS) is 24.7. The standard InChI is InChI=1S/C14H26N2/c1-2-3-8-14(9-4-5-10-14)13-15-11-6-7-12-16-13/h2-12H2,1H3,(H,15,16). The number of rotatable bonds is 4. The Hall–Kier alpha value is -0.530. The van der Waals surface area contributed by atoms with Crippen molar-refractivity contribution in [2.24, 2.45) is 10.4 Å². The molecule has 2 nitrogen and oxygen atoms in total. The second-order valence-corrected chi connectivity index (χ2v) is 5.46. The Balaban J connectivity index is 2.07. The molecule has 0 saturated heterocycles. The maximum absolute atomic E-state index is 4.84. The summed E-state index contributed by atoms with van der Waals surface area (Å²) >= 11 is 0. The summed E-state index contributed by atoms with van der Waals surface area (Å²) in [5.74, 6) is 1.37. The molecule has 1 aliphatic heterocycles. The van der Waals surface area contributed by atoms with Crippen molar-refractivity contribution in [2.45, 2.75) is 64.7 Å². The van der Waals surface area contributed by atoms with E-state index in [0.717, 1.165) is 13.1 Å². The predicted molar refractivity (Wildman–Crippen MR) is 70.0 cm³/mol. The van der Waals surface area contributed by atoms with Crippen molar-refractivity contribution >= 4 is 5.84 Å². The molecule has 16 heavy (non-hydrogen) atoms. The largest absolute Gasteiger partial charge is 0.373 e. The summed E-state index contributed by atoms with van der Waals surface area (Å²) in [6.07, 6.45) is 12.1. The molecule has 92 valence electrons. The van der Waals surface area contributed by atoms with Crippen molar-refractivity contribution in [2.75, 3.05) is 13.1 Å². The van der Waals surface area contributed by atoms with Crippen LogP contribution >= 0.6 is 0 Å². The van der Waals surface area contributed by atoms with Gasteiger partial charge in [0.05, 0.1) is 0 Å². The molecule has 1 heterocycles. The maximum Gasteiger partial charge on any atom is 0.103 e. The Morgan fingerprint density at radius 2 is 2.00 bits per heavy atom. The van der Waals surface area contributed by atoms with E-state index in [0.29, 0.717) is 5.41 Å². The molecule has 0 radical (unpaired) electrons. The first-order valence-corrected chi connectivity index (χ1v) is 7.16. The molecule has 0 aromatic heterocycles. The molecule has 0 aromatic carbocycles. The van der Waals surface area contributed by atoms with Crippen molar-refractivity contribution in [3.63, 3.8) is 0 Å². The topological polar surface area (TPSA) is 24.4 Å². The van der Waals surface area contributed by atoms with E-state index in [2.05, 4.69) is 12.2 Å². The van der Waals surface area contributed by atoms with Crippen LogP contribution in [-0.4, -0.2) is 18.9 Å². The first-order valence-electron chi connectivity index (χ1n) is 7.16. The maximum atomic E-state index is 4.84. The molecule has 0 amide bonds. The molecule has 2 aliphatic rings. The van der Waals surface area contributed by atoms with E-state index in [1.165, 1.54) is 63.6 Å². The van der Waals surface area contributed by atoms with Gasteiger partial charge in [-0.2, -0.15) is 0 Å². The van der Waals surface area contributed by atoms with Gasteiger partial charge in [0.2, 0.25) is 0 Å². The van der Waals surface area contributed by atoms with Crippen molar-refractivity contribution in [1.82, 2.24) is 5.32 Å². The van der Waals surface area contributed by atoms with E-state index in [1.54, 1.807) is 0 Å². The number of nitrogens with zero attached hydrogens (tertiary/aromatic N) is 1. The third-order valence-electron chi connectivity index (χ3n) is 4.22. The Bertz CT molecular complexity index is 239. The number of unbranched alkanes of at least 4 members (excludes halogenated alkanes) is 1. The van der Waals surface area contributed by atoms with Gasteiger partial charge in [-0.3, -0.25) is 4.99 Å². The van der Waals surface area contributed by atoms with Gasteiger partial charge in [-0.15, -0.1) is 0 Å². The van der Waals surface area contributed by atoms with E-state index in [9.17, 15) is 0 Å². The van der Waals surface area contributed by atoms with E-state index < -0.39 is 0 Å². The van der Waals surface area contributed by atoms with Crippen LogP contribution in [0.25, 0.3) is 0 Å². The Labute approximate surface area is 99.9 Å². The van der Waals surface area contributed by atoms with Crippen molar-refractivity contribution in [3.8, 4) is 0 Å². The highest BCUT2D eigenvalue weighted by molar-refractivity contribution is 5.88. The lowest BCUT2D eigenvalue weighted by Crippen LogP contribution is -2.39. The average molecular weight is 222 g/mol. The second kappa shape index (κ2) is 5.70. The number of aliphatic imine (C=N–C) groups is 1. The number of amidine groups is 1. The number of nitrogens with one attached hydrogen (secondary N) is 1. The van der Waals surface area contributed by atoms with Crippen LogP contribution in [0.1, 0.15) is 64.7 Å². The molecule has 1 fully saturated rings. The molecule has 0 aromatic rings. The molecule has 0 atom stereocenters. The number of hydrogen-bond donors (Lipinski definition) is 1. The highest BCUT2D eigenvalue weighted by atomic mass is 15.0. The summed E-state index contributed by atoms with van der Waals surface area (Å²) in [7, 11) is 0. The minimum atomic E-state index is 0.445. The second-order valence-electron chi connectivity index (χ2n) is 5.46. The van der Waals surface area contributed by atoms with Gasteiger partial charge in [-0.25, -0.2) is 0 Å². The van der Waals surface area contributed by atoms with Gasteiger partial charge >= 0.3 is 0 Å². The van der Waals surface area contributed by atoms with Gasteiger partial charge in [0, 0.05) is 18.5 Å². The highest BCUT2D eigenvalue weighted by Crippen LogP contribution is 2.43. The zero-order valence-corrected chi connectivity index (χ0v) is 10.7.